The van der Waals surface area contributed by atoms with E-state index in [9.17, 15) is 58.8 Å². The zero-order valence-electron chi connectivity index (χ0n) is 56.6. The predicted octanol–water partition coefficient (Wildman–Crippen LogP) is 6.40. The Morgan fingerprint density at radius 1 is 0.282 bits per heavy atom. The molecule has 0 spiro atoms. The van der Waals surface area contributed by atoms with Crippen LogP contribution in [0.2, 0.25) is 0 Å². The van der Waals surface area contributed by atoms with Crippen molar-refractivity contribution < 1.29 is 96.7 Å². The van der Waals surface area contributed by atoms with Crippen LogP contribution in [0.1, 0.15) is 268 Å². The van der Waals surface area contributed by atoms with Crippen LogP contribution >= 0.6 is 0 Å². The first-order chi connectivity index (χ1) is 39.6. The summed E-state index contributed by atoms with van der Waals surface area (Å²) in [6.07, 6.45) is 12.0. The number of aliphatic carboxylic acids is 4. The van der Waals surface area contributed by atoms with Crippen LogP contribution in [0.15, 0.2) is 0 Å². The summed E-state index contributed by atoms with van der Waals surface area (Å²) in [4.78, 5) is 81.1. The fourth-order valence-electron chi connectivity index (χ4n) is 3.88. The quantitative estimate of drug-likeness (QED) is 0.0362. The van der Waals surface area contributed by atoms with E-state index in [0.29, 0.717) is 74.5 Å². The molecular weight excluding hydrogens is 1180 g/mol. The zero-order valence-corrected chi connectivity index (χ0v) is 62.4. The summed E-state index contributed by atoms with van der Waals surface area (Å²) in [5, 5.41) is 39.1. The van der Waals surface area contributed by atoms with Gasteiger partial charge in [0.2, 0.25) is 0 Å². The molecule has 0 amide bonds. The Hall–Kier alpha value is -1.18. The summed E-state index contributed by atoms with van der Waals surface area (Å²) in [6, 6.07) is 0. The first-order valence-corrected chi connectivity index (χ1v) is 34.7. The van der Waals surface area contributed by atoms with Crippen molar-refractivity contribution in [3.8, 4) is 0 Å². The van der Waals surface area contributed by atoms with Crippen molar-refractivity contribution in [2.45, 2.75) is 317 Å². The molecule has 0 N–H and O–H groups in total. The third kappa shape index (κ3) is 146. The SMILES string of the molecule is CC(C)[O][Al+][O]C(C)C.CC(C)[O][Al+][O]C(C)C.CC(C)[O][Al+][O]C(C)C.CC(C)[O][Al+][O]C(C)C.CCC(=O)CC(=O)[O-].CCCC(=O)CC(=O)[O-].CCCCC(=O)CC(=O)[O-].CCCCCC(=O)CC(=O)[O-].CCCC[O][Al+][O]CCCC. The normalized spacial score (nSPS) is 9.76. The van der Waals surface area contributed by atoms with Gasteiger partial charge in [-0.2, -0.15) is 0 Å². The Morgan fingerprint density at radius 3 is 0.694 bits per heavy atom. The number of unbranched alkanes of at least 4 members (excludes halogenated alkanes) is 5. The van der Waals surface area contributed by atoms with Crippen LogP contribution in [0.3, 0.4) is 0 Å². The van der Waals surface area contributed by atoms with Crippen LogP contribution in [-0.2, 0) is 76.2 Å². The second-order valence-corrected chi connectivity index (χ2v) is 24.2. The van der Waals surface area contributed by atoms with Gasteiger partial charge in [0, 0.05) is 75.2 Å². The predicted molar refractivity (Wildman–Crippen MR) is 328 cm³/mol. The number of carbonyl (C=O) groups is 8. The van der Waals surface area contributed by atoms with Crippen molar-refractivity contribution in [3.63, 3.8) is 0 Å². The van der Waals surface area contributed by atoms with Crippen LogP contribution < -0.4 is 20.4 Å². The first kappa shape index (κ1) is 103. The van der Waals surface area contributed by atoms with Crippen LogP contribution in [0.4, 0.5) is 0 Å². The third-order valence-electron chi connectivity index (χ3n) is 8.15. The number of rotatable bonds is 42. The molecule has 85 heavy (non-hydrogen) atoms. The molecule has 0 fully saturated rings. The molecule has 0 aromatic carbocycles. The van der Waals surface area contributed by atoms with Gasteiger partial charge in [-0.3, -0.25) is 19.2 Å². The van der Waals surface area contributed by atoms with Gasteiger partial charge in [0.05, 0.1) is 0 Å². The van der Waals surface area contributed by atoms with Crippen molar-refractivity contribution in [2.75, 3.05) is 13.2 Å². The molecule has 0 aliphatic rings. The molecule has 0 saturated heterocycles. The van der Waals surface area contributed by atoms with Gasteiger partial charge in [-0.25, -0.2) is 0 Å². The van der Waals surface area contributed by atoms with E-state index >= 15 is 0 Å². The molecule has 492 valence electrons. The van der Waals surface area contributed by atoms with Gasteiger partial charge in [-0.15, -0.1) is 0 Å². The fourth-order valence-corrected chi connectivity index (χ4v) is 6.53. The van der Waals surface area contributed by atoms with E-state index < -0.39 is 49.6 Å². The minimum absolute atomic E-state index is 0.189. The van der Waals surface area contributed by atoms with Gasteiger partial charge in [0.25, 0.3) is 0 Å². The van der Waals surface area contributed by atoms with Crippen molar-refractivity contribution in [1.82, 2.24) is 0 Å². The molecule has 0 atom stereocenters. The number of hydrogen-bond donors (Lipinski definition) is 0. The summed E-state index contributed by atoms with van der Waals surface area (Å²) in [5.74, 6) is -6.12. The average Bonchev–Trinajstić information content (AvgIpc) is 3.35. The van der Waals surface area contributed by atoms with E-state index in [0.717, 1.165) is 58.2 Å². The molecule has 0 bridgehead atoms. The maximum absolute atomic E-state index is 10.7. The number of carboxylic acid groups (broad SMARTS) is 4. The average molecular weight is 1300 g/mol. The Balaban J connectivity index is -0.000000109. The molecule has 22 nitrogen and oxygen atoms in total. The molecule has 0 aromatic rings. The van der Waals surface area contributed by atoms with E-state index in [-0.39, 0.29) is 109 Å². The topological polar surface area (TPSA) is 321 Å². The van der Waals surface area contributed by atoms with E-state index in [1.807, 2.05) is 132 Å². The van der Waals surface area contributed by atoms with Crippen molar-refractivity contribution in [3.05, 3.63) is 0 Å². The summed E-state index contributed by atoms with van der Waals surface area (Å²) < 4.78 is 52.3. The number of Topliss-reactive ketones (excluding diaryl/α,β-unsaturated/α-hetero) is 4. The number of hydrogen-bond acceptors (Lipinski definition) is 22. The monoisotopic (exact) mass is 1300 g/mol. The molecule has 0 unspecified atom stereocenters. The summed E-state index contributed by atoms with van der Waals surface area (Å²) in [6.45, 7) is 45.7. The number of carboxylic acids is 4. The second kappa shape index (κ2) is 82.8. The third-order valence-corrected chi connectivity index (χ3v) is 14.1. The molecule has 0 radical (unpaired) electrons. The van der Waals surface area contributed by atoms with Gasteiger partial charge in [-0.05, 0) is 19.3 Å². The summed E-state index contributed by atoms with van der Waals surface area (Å²) in [5.41, 5.74) is 0. The minimum atomic E-state index is -1.29. The van der Waals surface area contributed by atoms with Crippen LogP contribution in [0.25, 0.3) is 0 Å². The number of ketones is 4. The zero-order chi connectivity index (χ0) is 68.0. The maximum atomic E-state index is 10.7. The molecule has 0 rings (SSSR count). The van der Waals surface area contributed by atoms with Crippen molar-refractivity contribution in [2.24, 2.45) is 0 Å². The fraction of sp³-hybridized carbons (Fsp3) is 0.862. The molecule has 0 heterocycles. The Kier molecular flexibility index (Phi) is 100. The number of carbonyl (C=O) groups excluding carboxylic acids is 8. The Labute approximate surface area is 549 Å². The van der Waals surface area contributed by atoms with Gasteiger partial charge in [-0.1, -0.05) is 47.0 Å². The van der Waals surface area contributed by atoms with E-state index in [1.54, 1.807) is 6.92 Å². The van der Waals surface area contributed by atoms with E-state index in [1.165, 1.54) is 12.8 Å². The standard InChI is InChI=1S/C8H14O3.C7H12O3.C6H10O3.C5H8O3.2C4H9O.8C3H7O.5Al/c1-2-3-4-5-7(9)6-8(10)11;1-2-3-4-6(8)5-7(9)10;1-2-3-5(7)4-6(8)9;1-2-4(6)3-5(7)8;2*1-2-3-4-5;8*1-3(2)4;;;;;/h2-6H2,1H3,(H,10,11);2-5H2,1H3,(H,9,10);2-4H2,1H3,(H,8,9);2-3H2,1H3,(H,7,8);2*2-4H2,1H3;8*3H,1-2H3;;;;;/q;;;;10*-1;5*+3/p-4. The van der Waals surface area contributed by atoms with Crippen molar-refractivity contribution >= 4 is 126 Å². The molecular formula is C58H114Al5O22+. The molecule has 0 aliphatic heterocycles. The first-order valence-electron chi connectivity index (χ1n) is 30.0. The Morgan fingerprint density at radius 2 is 0.506 bits per heavy atom. The molecule has 0 saturated carbocycles. The van der Waals surface area contributed by atoms with Gasteiger partial charge >= 0.3 is 330 Å². The molecule has 0 aliphatic carbocycles. The second-order valence-electron chi connectivity index (χ2n) is 20.4. The van der Waals surface area contributed by atoms with Crippen LogP contribution in [0, 0.1) is 0 Å². The molecule has 27 heteroatoms. The van der Waals surface area contributed by atoms with E-state index in [2.05, 4.69) is 13.8 Å². The van der Waals surface area contributed by atoms with Gasteiger partial charge in [0.1, 0.15) is 23.1 Å². The van der Waals surface area contributed by atoms with Crippen LogP contribution in [0.5, 0.6) is 0 Å². The summed E-state index contributed by atoms with van der Waals surface area (Å²) >= 11 is -1.17. The van der Waals surface area contributed by atoms with Crippen molar-refractivity contribution in [1.29, 1.82) is 0 Å². The van der Waals surface area contributed by atoms with Crippen LogP contribution in [-0.4, -0.2) is 188 Å². The molecule has 0 aromatic heterocycles. The van der Waals surface area contributed by atoms with Gasteiger partial charge < -0.3 is 39.6 Å². The van der Waals surface area contributed by atoms with E-state index in [4.69, 9.17) is 37.9 Å². The Bertz CT molecular complexity index is 1380. The van der Waals surface area contributed by atoms with Gasteiger partial charge in [0.15, 0.2) is 0 Å². The summed E-state index contributed by atoms with van der Waals surface area (Å²) in [7, 11) is 0.